The van der Waals surface area contributed by atoms with E-state index in [9.17, 15) is 9.18 Å². The molecule has 2 N–H and O–H groups in total. The molecule has 0 heterocycles. The van der Waals surface area contributed by atoms with Crippen molar-refractivity contribution in [3.63, 3.8) is 0 Å². The van der Waals surface area contributed by atoms with Crippen molar-refractivity contribution < 1.29 is 9.18 Å². The molecular weight excluding hydrogens is 241 g/mol. The van der Waals surface area contributed by atoms with E-state index in [-0.39, 0.29) is 11.6 Å². The van der Waals surface area contributed by atoms with Gasteiger partial charge in [0, 0.05) is 11.3 Å². The molecule has 1 fully saturated rings. The number of hydrogen-bond donors (Lipinski definition) is 1. The third-order valence-electron chi connectivity index (χ3n) is 3.75. The Morgan fingerprint density at radius 2 is 1.58 bits per heavy atom. The summed E-state index contributed by atoms with van der Waals surface area (Å²) in [7, 11) is 0. The number of hydrogen-bond acceptors (Lipinski definition) is 2. The van der Waals surface area contributed by atoms with E-state index in [0.29, 0.717) is 11.3 Å². The number of benzene rings is 2. The van der Waals surface area contributed by atoms with Gasteiger partial charge < -0.3 is 5.73 Å². The molecule has 0 atom stereocenters. The normalized spacial score (nSPS) is 16.1. The summed E-state index contributed by atoms with van der Waals surface area (Å²) in [4.78, 5) is 12.6. The molecule has 2 aromatic rings. The van der Waals surface area contributed by atoms with Gasteiger partial charge in [-0.05, 0) is 54.8 Å². The number of anilines is 1. The third-order valence-corrected chi connectivity index (χ3v) is 3.75. The summed E-state index contributed by atoms with van der Waals surface area (Å²) in [5, 5.41) is 0. The molecule has 3 rings (SSSR count). The van der Waals surface area contributed by atoms with Crippen LogP contribution < -0.4 is 5.73 Å². The topological polar surface area (TPSA) is 43.1 Å². The van der Waals surface area contributed by atoms with E-state index in [4.69, 9.17) is 5.73 Å². The maximum absolute atomic E-state index is 12.9. The van der Waals surface area contributed by atoms with Crippen molar-refractivity contribution in [1.82, 2.24) is 0 Å². The molecule has 1 saturated carbocycles. The Kier molecular flexibility index (Phi) is 2.63. The Morgan fingerprint density at radius 3 is 2.11 bits per heavy atom. The molecule has 0 aromatic heterocycles. The molecule has 0 saturated heterocycles. The van der Waals surface area contributed by atoms with Crippen molar-refractivity contribution in [2.75, 3.05) is 5.73 Å². The molecule has 1 aliphatic rings. The van der Waals surface area contributed by atoms with Gasteiger partial charge in [0.05, 0.1) is 5.41 Å². The van der Waals surface area contributed by atoms with Crippen molar-refractivity contribution in [3.8, 4) is 0 Å². The van der Waals surface area contributed by atoms with Crippen molar-refractivity contribution >= 4 is 11.5 Å². The number of nitrogen functional groups attached to an aromatic ring is 1. The second kappa shape index (κ2) is 4.19. The first-order valence-corrected chi connectivity index (χ1v) is 6.28. The van der Waals surface area contributed by atoms with Crippen LogP contribution in [0.15, 0.2) is 48.5 Å². The largest absolute Gasteiger partial charge is 0.399 e. The first kappa shape index (κ1) is 11.9. The van der Waals surface area contributed by atoms with Crippen LogP contribution in [0.2, 0.25) is 0 Å². The monoisotopic (exact) mass is 255 g/mol. The number of rotatable bonds is 3. The van der Waals surface area contributed by atoms with E-state index < -0.39 is 5.41 Å². The molecule has 2 nitrogen and oxygen atoms in total. The highest BCUT2D eigenvalue weighted by Crippen LogP contribution is 2.50. The van der Waals surface area contributed by atoms with E-state index in [1.807, 2.05) is 24.3 Å². The first-order valence-electron chi connectivity index (χ1n) is 6.28. The van der Waals surface area contributed by atoms with Gasteiger partial charge in [0.1, 0.15) is 5.82 Å². The van der Waals surface area contributed by atoms with Gasteiger partial charge in [0.15, 0.2) is 5.78 Å². The fraction of sp³-hybridized carbons (Fsp3) is 0.188. The van der Waals surface area contributed by atoms with Gasteiger partial charge in [0.25, 0.3) is 0 Å². The van der Waals surface area contributed by atoms with Crippen LogP contribution in [0, 0.1) is 5.82 Å². The molecule has 0 unspecified atom stereocenters. The smallest absolute Gasteiger partial charge is 0.173 e. The van der Waals surface area contributed by atoms with Crippen molar-refractivity contribution in [2.24, 2.45) is 0 Å². The van der Waals surface area contributed by atoms with E-state index >= 15 is 0 Å². The summed E-state index contributed by atoms with van der Waals surface area (Å²) in [5.41, 5.74) is 7.49. The van der Waals surface area contributed by atoms with Crippen molar-refractivity contribution in [2.45, 2.75) is 18.3 Å². The molecule has 0 radical (unpaired) electrons. The minimum atomic E-state index is -0.425. The lowest BCUT2D eigenvalue weighted by Gasteiger charge is -2.14. The summed E-state index contributed by atoms with van der Waals surface area (Å²) >= 11 is 0. The number of halogens is 1. The zero-order valence-corrected chi connectivity index (χ0v) is 10.4. The predicted octanol–water partition coefficient (Wildman–Crippen LogP) is 3.32. The van der Waals surface area contributed by atoms with Crippen LogP contribution in [0.1, 0.15) is 28.8 Å². The van der Waals surface area contributed by atoms with Gasteiger partial charge in [-0.15, -0.1) is 0 Å². The second-order valence-electron chi connectivity index (χ2n) is 5.04. The Balaban J connectivity index is 1.94. The summed E-state index contributed by atoms with van der Waals surface area (Å²) in [6.45, 7) is 0. The second-order valence-corrected chi connectivity index (χ2v) is 5.04. The number of ketones is 1. The molecule has 0 amide bonds. The van der Waals surface area contributed by atoms with Gasteiger partial charge in [-0.2, -0.15) is 0 Å². The SMILES string of the molecule is Nc1ccc(C2(C(=O)c3ccc(F)cc3)CC2)cc1. The Hall–Kier alpha value is -2.16. The molecule has 0 spiro atoms. The van der Waals surface area contributed by atoms with Crippen LogP contribution in [0.3, 0.4) is 0 Å². The molecule has 19 heavy (non-hydrogen) atoms. The van der Waals surface area contributed by atoms with E-state index in [2.05, 4.69) is 0 Å². The van der Waals surface area contributed by atoms with Gasteiger partial charge in [-0.25, -0.2) is 4.39 Å². The quantitative estimate of drug-likeness (QED) is 0.675. The predicted molar refractivity (Wildman–Crippen MR) is 72.5 cm³/mol. The van der Waals surface area contributed by atoms with E-state index in [1.54, 1.807) is 12.1 Å². The maximum atomic E-state index is 12.9. The van der Waals surface area contributed by atoms with E-state index in [1.165, 1.54) is 12.1 Å². The highest BCUT2D eigenvalue weighted by molar-refractivity contribution is 6.06. The fourth-order valence-corrected chi connectivity index (χ4v) is 2.45. The molecule has 2 aromatic carbocycles. The van der Waals surface area contributed by atoms with Crippen molar-refractivity contribution in [1.29, 1.82) is 0 Å². The third kappa shape index (κ3) is 2.01. The molecular formula is C16H14FNO. The number of Topliss-reactive ketones (excluding diaryl/α,β-unsaturated/α-hetero) is 1. The lowest BCUT2D eigenvalue weighted by atomic mass is 9.87. The van der Waals surface area contributed by atoms with E-state index in [0.717, 1.165) is 18.4 Å². The van der Waals surface area contributed by atoms with Crippen LogP contribution in [0.25, 0.3) is 0 Å². The fourth-order valence-electron chi connectivity index (χ4n) is 2.45. The molecule has 3 heteroatoms. The van der Waals surface area contributed by atoms with Gasteiger partial charge in [-0.3, -0.25) is 4.79 Å². The minimum Gasteiger partial charge on any atom is -0.399 e. The van der Waals surface area contributed by atoms with Gasteiger partial charge >= 0.3 is 0 Å². The lowest BCUT2D eigenvalue weighted by Crippen LogP contribution is -2.20. The standard InChI is InChI=1S/C16H14FNO/c17-13-5-1-11(2-6-13)15(19)16(9-10-16)12-3-7-14(18)8-4-12/h1-8H,9-10,18H2. The lowest BCUT2D eigenvalue weighted by molar-refractivity contribution is 0.0946. The molecule has 0 aliphatic heterocycles. The zero-order chi connectivity index (χ0) is 13.5. The van der Waals surface area contributed by atoms with Crippen molar-refractivity contribution in [3.05, 3.63) is 65.5 Å². The molecule has 0 bridgehead atoms. The van der Waals surface area contributed by atoms with Crippen LogP contribution in [0.5, 0.6) is 0 Å². The average molecular weight is 255 g/mol. The van der Waals surface area contributed by atoms with Crippen LogP contribution in [-0.4, -0.2) is 5.78 Å². The Bertz CT molecular complexity index is 612. The summed E-state index contributed by atoms with van der Waals surface area (Å²) in [6.07, 6.45) is 1.68. The zero-order valence-electron chi connectivity index (χ0n) is 10.4. The van der Waals surface area contributed by atoms with Gasteiger partial charge in [0.2, 0.25) is 0 Å². The first-order chi connectivity index (χ1) is 9.12. The highest BCUT2D eigenvalue weighted by atomic mass is 19.1. The molecule has 1 aliphatic carbocycles. The Morgan fingerprint density at radius 1 is 1.00 bits per heavy atom. The minimum absolute atomic E-state index is 0.0669. The van der Waals surface area contributed by atoms with Crippen LogP contribution in [-0.2, 0) is 5.41 Å². The number of carbonyl (C=O) groups excluding carboxylic acids is 1. The number of nitrogens with two attached hydrogens (primary N) is 1. The Labute approximate surface area is 111 Å². The summed E-state index contributed by atoms with van der Waals surface area (Å²) < 4.78 is 12.9. The number of carbonyl (C=O) groups is 1. The average Bonchev–Trinajstić information content (AvgIpc) is 3.21. The van der Waals surface area contributed by atoms with Gasteiger partial charge in [-0.1, -0.05) is 12.1 Å². The molecule has 96 valence electrons. The van der Waals surface area contributed by atoms with Crippen LogP contribution >= 0.6 is 0 Å². The summed E-state index contributed by atoms with van der Waals surface area (Å²) in [6, 6.07) is 13.2. The summed E-state index contributed by atoms with van der Waals surface area (Å²) in [5.74, 6) is -0.258. The maximum Gasteiger partial charge on any atom is 0.173 e. The highest BCUT2D eigenvalue weighted by Gasteiger charge is 2.51. The van der Waals surface area contributed by atoms with Crippen LogP contribution in [0.4, 0.5) is 10.1 Å².